The lowest BCUT2D eigenvalue weighted by atomic mass is 10.2. The van der Waals surface area contributed by atoms with E-state index in [0.29, 0.717) is 13.1 Å². The number of aliphatic hydroxyl groups is 1. The lowest BCUT2D eigenvalue weighted by Gasteiger charge is -2.25. The van der Waals surface area contributed by atoms with Crippen LogP contribution in [0.2, 0.25) is 0 Å². The highest BCUT2D eigenvalue weighted by Gasteiger charge is 2.37. The van der Waals surface area contributed by atoms with E-state index in [4.69, 9.17) is 0 Å². The topological polar surface area (TPSA) is 81.7 Å². The van der Waals surface area contributed by atoms with Crippen molar-refractivity contribution in [3.63, 3.8) is 0 Å². The van der Waals surface area contributed by atoms with Crippen LogP contribution in [0.3, 0.4) is 0 Å². The molecule has 0 bridgehead atoms. The van der Waals surface area contributed by atoms with Crippen molar-refractivity contribution in [2.75, 3.05) is 20.1 Å². The lowest BCUT2D eigenvalue weighted by molar-refractivity contribution is 0.136. The molecule has 3 N–H and O–H groups in total. The predicted molar refractivity (Wildman–Crippen MR) is 55.5 cm³/mol. The molecule has 2 rings (SSSR count). The molecular formula is C8H17N3O3S. The van der Waals surface area contributed by atoms with E-state index >= 15 is 0 Å². The smallest absolute Gasteiger partial charge is 0.279 e. The van der Waals surface area contributed by atoms with Gasteiger partial charge in [-0.15, -0.1) is 0 Å². The van der Waals surface area contributed by atoms with E-state index in [2.05, 4.69) is 10.0 Å². The fourth-order valence-electron chi connectivity index (χ4n) is 1.70. The number of rotatable bonds is 4. The SMILES string of the molecule is CN([C@@H]1CNC[C@H]1O)S(=O)(=O)NC1CC1. The van der Waals surface area contributed by atoms with Crippen LogP contribution in [0.15, 0.2) is 0 Å². The molecule has 2 fully saturated rings. The third-order valence-electron chi connectivity index (χ3n) is 2.89. The van der Waals surface area contributed by atoms with Crippen molar-refractivity contribution in [2.45, 2.75) is 31.0 Å². The Morgan fingerprint density at radius 2 is 2.07 bits per heavy atom. The molecule has 0 aromatic carbocycles. The Kier molecular flexibility index (Phi) is 3.00. The van der Waals surface area contributed by atoms with Crippen LogP contribution in [-0.4, -0.2) is 56.2 Å². The van der Waals surface area contributed by atoms with Crippen LogP contribution >= 0.6 is 0 Å². The molecule has 1 saturated heterocycles. The molecule has 0 aromatic rings. The summed E-state index contributed by atoms with van der Waals surface area (Å²) in [5.41, 5.74) is 0. The number of nitrogens with zero attached hydrogens (tertiary/aromatic N) is 1. The second kappa shape index (κ2) is 3.99. The van der Waals surface area contributed by atoms with Crippen molar-refractivity contribution in [2.24, 2.45) is 0 Å². The summed E-state index contributed by atoms with van der Waals surface area (Å²) < 4.78 is 27.4. The maximum absolute atomic E-state index is 11.8. The molecule has 7 heteroatoms. The van der Waals surface area contributed by atoms with Crippen LogP contribution in [0.4, 0.5) is 0 Å². The van der Waals surface area contributed by atoms with Gasteiger partial charge < -0.3 is 10.4 Å². The molecule has 0 unspecified atom stereocenters. The summed E-state index contributed by atoms with van der Waals surface area (Å²) in [6, 6.07) is -0.259. The maximum Gasteiger partial charge on any atom is 0.279 e. The molecule has 1 heterocycles. The largest absolute Gasteiger partial charge is 0.390 e. The third kappa shape index (κ3) is 2.48. The van der Waals surface area contributed by atoms with Crippen LogP contribution in [0.5, 0.6) is 0 Å². The average molecular weight is 235 g/mol. The molecule has 0 amide bonds. The molecule has 2 aliphatic rings. The van der Waals surface area contributed by atoms with Crippen molar-refractivity contribution >= 4 is 10.2 Å². The minimum atomic E-state index is -3.43. The minimum absolute atomic E-state index is 0.101. The highest BCUT2D eigenvalue weighted by atomic mass is 32.2. The molecule has 2 atom stereocenters. The number of aliphatic hydroxyl groups excluding tert-OH is 1. The quantitative estimate of drug-likeness (QED) is 0.539. The average Bonchev–Trinajstić information content (AvgIpc) is 2.84. The molecule has 88 valence electrons. The number of nitrogens with one attached hydrogen (secondary N) is 2. The first-order valence-corrected chi connectivity index (χ1v) is 6.59. The first-order valence-electron chi connectivity index (χ1n) is 5.15. The molecule has 0 spiro atoms. The van der Waals surface area contributed by atoms with Crippen molar-refractivity contribution in [3.8, 4) is 0 Å². The first-order chi connectivity index (χ1) is 7.00. The van der Waals surface area contributed by atoms with E-state index in [1.54, 1.807) is 0 Å². The van der Waals surface area contributed by atoms with Gasteiger partial charge in [0.1, 0.15) is 0 Å². The molecule has 0 radical (unpaired) electrons. The summed E-state index contributed by atoms with van der Waals surface area (Å²) in [7, 11) is -1.92. The Morgan fingerprint density at radius 3 is 2.53 bits per heavy atom. The lowest BCUT2D eigenvalue weighted by Crippen LogP contribution is -2.49. The highest BCUT2D eigenvalue weighted by molar-refractivity contribution is 7.87. The van der Waals surface area contributed by atoms with Crippen LogP contribution < -0.4 is 10.0 Å². The van der Waals surface area contributed by atoms with Gasteiger partial charge in [-0.25, -0.2) is 0 Å². The van der Waals surface area contributed by atoms with Crippen LogP contribution in [-0.2, 0) is 10.2 Å². The van der Waals surface area contributed by atoms with Gasteiger partial charge >= 0.3 is 0 Å². The van der Waals surface area contributed by atoms with E-state index in [9.17, 15) is 13.5 Å². The van der Waals surface area contributed by atoms with Gasteiger partial charge in [-0.05, 0) is 12.8 Å². The number of hydrogen-bond donors (Lipinski definition) is 3. The Balaban J connectivity index is 2.01. The molecular weight excluding hydrogens is 218 g/mol. The fraction of sp³-hybridized carbons (Fsp3) is 1.00. The summed E-state index contributed by atoms with van der Waals surface area (Å²) in [5, 5.41) is 12.5. The van der Waals surface area contributed by atoms with Crippen molar-refractivity contribution in [1.82, 2.24) is 14.3 Å². The molecule has 0 aromatic heterocycles. The highest BCUT2D eigenvalue weighted by Crippen LogP contribution is 2.21. The van der Waals surface area contributed by atoms with E-state index < -0.39 is 16.3 Å². The number of β-amino-alcohol motifs (C(OH)–C–C–N with tert-alkyl or cyclic N) is 1. The zero-order chi connectivity index (χ0) is 11.1. The summed E-state index contributed by atoms with van der Waals surface area (Å²) in [5.74, 6) is 0. The Bertz CT molecular complexity index is 328. The maximum atomic E-state index is 11.8. The van der Waals surface area contributed by atoms with Gasteiger partial charge in [-0.3, -0.25) is 0 Å². The first kappa shape index (κ1) is 11.3. The van der Waals surface area contributed by atoms with Crippen LogP contribution in [0, 0.1) is 0 Å². The van der Waals surface area contributed by atoms with Gasteiger partial charge in [0, 0.05) is 26.2 Å². The molecule has 1 saturated carbocycles. The summed E-state index contributed by atoms with van der Waals surface area (Å²) in [4.78, 5) is 0. The zero-order valence-electron chi connectivity index (χ0n) is 8.68. The number of hydrogen-bond acceptors (Lipinski definition) is 4. The summed E-state index contributed by atoms with van der Waals surface area (Å²) in [6.45, 7) is 0.956. The van der Waals surface area contributed by atoms with Gasteiger partial charge in [-0.2, -0.15) is 17.4 Å². The van der Waals surface area contributed by atoms with Gasteiger partial charge in [0.2, 0.25) is 0 Å². The third-order valence-corrected chi connectivity index (χ3v) is 4.55. The van der Waals surface area contributed by atoms with Crippen LogP contribution in [0.1, 0.15) is 12.8 Å². The normalized spacial score (nSPS) is 32.5. The monoisotopic (exact) mass is 235 g/mol. The van der Waals surface area contributed by atoms with Gasteiger partial charge in [0.05, 0.1) is 12.1 Å². The molecule has 6 nitrogen and oxygen atoms in total. The Labute approximate surface area is 89.8 Å². The van der Waals surface area contributed by atoms with E-state index in [1.807, 2.05) is 0 Å². The predicted octanol–water partition coefficient (Wildman–Crippen LogP) is -1.75. The standard InChI is InChI=1S/C8H17N3O3S/c1-11(7-4-9-5-8(7)12)15(13,14)10-6-2-3-6/h6-10,12H,2-5H2,1H3/t7-,8-/m1/s1. The summed E-state index contributed by atoms with van der Waals surface area (Å²) in [6.07, 6.45) is 1.21. The molecule has 15 heavy (non-hydrogen) atoms. The van der Waals surface area contributed by atoms with E-state index in [1.165, 1.54) is 11.4 Å². The summed E-state index contributed by atoms with van der Waals surface area (Å²) >= 11 is 0. The van der Waals surface area contributed by atoms with E-state index in [-0.39, 0.29) is 12.1 Å². The zero-order valence-corrected chi connectivity index (χ0v) is 9.50. The van der Waals surface area contributed by atoms with Crippen molar-refractivity contribution in [1.29, 1.82) is 0 Å². The van der Waals surface area contributed by atoms with Gasteiger partial charge in [0.15, 0.2) is 0 Å². The second-order valence-corrected chi connectivity index (χ2v) is 5.97. The van der Waals surface area contributed by atoms with Crippen molar-refractivity contribution < 1.29 is 13.5 Å². The minimum Gasteiger partial charge on any atom is -0.390 e. The molecule has 1 aliphatic carbocycles. The van der Waals surface area contributed by atoms with E-state index in [0.717, 1.165) is 12.8 Å². The second-order valence-electron chi connectivity index (χ2n) is 4.21. The van der Waals surface area contributed by atoms with Gasteiger partial charge in [-0.1, -0.05) is 0 Å². The van der Waals surface area contributed by atoms with Crippen molar-refractivity contribution in [3.05, 3.63) is 0 Å². The molecule has 1 aliphatic heterocycles. The fourth-order valence-corrected chi connectivity index (χ4v) is 3.09. The Morgan fingerprint density at radius 1 is 1.40 bits per heavy atom. The van der Waals surface area contributed by atoms with Gasteiger partial charge in [0.25, 0.3) is 10.2 Å². The Hall–Kier alpha value is -0.210. The number of likely N-dealkylation sites (N-methyl/N-ethyl adjacent to an activating group) is 1. The van der Waals surface area contributed by atoms with Crippen LogP contribution in [0.25, 0.3) is 0 Å².